The van der Waals surface area contributed by atoms with Gasteiger partial charge in [-0.05, 0) is 56.0 Å². The number of nitrogens with two attached hydrogens (primary N) is 1. The van der Waals surface area contributed by atoms with Crippen LogP contribution in [0.15, 0.2) is 42.5 Å². The maximum absolute atomic E-state index is 13.2. The van der Waals surface area contributed by atoms with E-state index in [0.717, 1.165) is 63.2 Å². The van der Waals surface area contributed by atoms with E-state index in [9.17, 15) is 8.78 Å². The van der Waals surface area contributed by atoms with E-state index in [2.05, 4.69) is 34.1 Å². The number of fused-ring (bicyclic) bond motifs is 1. The second-order valence-electron chi connectivity index (χ2n) is 7.94. The Labute approximate surface area is 181 Å². The summed E-state index contributed by atoms with van der Waals surface area (Å²) in [6, 6.07) is 12.8. The van der Waals surface area contributed by atoms with Crippen molar-refractivity contribution in [3.05, 3.63) is 59.7 Å². The van der Waals surface area contributed by atoms with Crippen molar-refractivity contribution in [2.45, 2.75) is 43.0 Å². The average Bonchev–Trinajstić information content (AvgIpc) is 2.76. The molecule has 4 rings (SSSR count). The highest BCUT2D eigenvalue weighted by molar-refractivity contribution is 7.99. The van der Waals surface area contributed by atoms with Gasteiger partial charge in [-0.3, -0.25) is 0 Å². The summed E-state index contributed by atoms with van der Waals surface area (Å²) in [6.45, 7) is 3.69. The van der Waals surface area contributed by atoms with Gasteiger partial charge >= 0.3 is 0 Å². The standard InChI is InChI=1S/C23H29F2N3OS/c24-20-8-7-19(15-21(20)25)29-14-4-3-11-27-12-9-18(10-13-27)28-22-6-2-1-5-17(22)16-30-23(28)26/h1-2,5-8,15,18,23H,3-4,9-14,16,26H2. The second-order valence-corrected chi connectivity index (χ2v) is 9.05. The van der Waals surface area contributed by atoms with Crippen LogP contribution in [0.4, 0.5) is 14.5 Å². The number of benzene rings is 2. The van der Waals surface area contributed by atoms with Crippen molar-refractivity contribution in [1.29, 1.82) is 0 Å². The summed E-state index contributed by atoms with van der Waals surface area (Å²) in [5, 5.41) is 0. The first-order valence-corrected chi connectivity index (χ1v) is 11.7. The van der Waals surface area contributed by atoms with Gasteiger partial charge in [0.05, 0.1) is 6.61 Å². The van der Waals surface area contributed by atoms with Crippen LogP contribution in [-0.4, -0.2) is 42.7 Å². The third-order valence-corrected chi connectivity index (χ3v) is 6.98. The Kier molecular flexibility index (Phi) is 7.12. The molecule has 0 aliphatic carbocycles. The number of halogens is 2. The number of anilines is 1. The number of para-hydroxylation sites is 1. The summed E-state index contributed by atoms with van der Waals surface area (Å²) in [5.41, 5.74) is 9.17. The van der Waals surface area contributed by atoms with Gasteiger partial charge in [0.2, 0.25) is 0 Å². The normalized spacial score (nSPS) is 20.2. The molecule has 2 aliphatic rings. The van der Waals surface area contributed by atoms with Gasteiger partial charge in [0.25, 0.3) is 0 Å². The summed E-state index contributed by atoms with van der Waals surface area (Å²) in [5.74, 6) is -0.354. The van der Waals surface area contributed by atoms with Gasteiger partial charge in [0.1, 0.15) is 11.2 Å². The van der Waals surface area contributed by atoms with E-state index in [0.29, 0.717) is 18.4 Å². The smallest absolute Gasteiger partial charge is 0.162 e. The van der Waals surface area contributed by atoms with E-state index >= 15 is 0 Å². The largest absolute Gasteiger partial charge is 0.493 e. The molecule has 0 saturated carbocycles. The highest BCUT2D eigenvalue weighted by atomic mass is 32.2. The van der Waals surface area contributed by atoms with Gasteiger partial charge < -0.3 is 20.3 Å². The molecule has 1 atom stereocenters. The lowest BCUT2D eigenvalue weighted by Crippen LogP contribution is -2.52. The number of piperidine rings is 1. The molecule has 7 heteroatoms. The van der Waals surface area contributed by atoms with Crippen LogP contribution in [0, 0.1) is 11.6 Å². The lowest BCUT2D eigenvalue weighted by Gasteiger charge is -2.45. The van der Waals surface area contributed by atoms with E-state index in [1.165, 1.54) is 17.3 Å². The topological polar surface area (TPSA) is 41.7 Å². The number of ether oxygens (including phenoxy) is 1. The van der Waals surface area contributed by atoms with Crippen molar-refractivity contribution in [1.82, 2.24) is 4.90 Å². The summed E-state index contributed by atoms with van der Waals surface area (Å²) in [6.07, 6.45) is 4.15. The molecule has 0 bridgehead atoms. The Morgan fingerprint density at radius 3 is 2.63 bits per heavy atom. The fraction of sp³-hybridized carbons (Fsp3) is 0.478. The maximum Gasteiger partial charge on any atom is 0.162 e. The molecule has 1 fully saturated rings. The number of rotatable bonds is 7. The van der Waals surface area contributed by atoms with Gasteiger partial charge in [0.15, 0.2) is 11.6 Å². The molecule has 162 valence electrons. The van der Waals surface area contributed by atoms with Crippen LogP contribution in [0.2, 0.25) is 0 Å². The predicted molar refractivity (Wildman–Crippen MR) is 119 cm³/mol. The molecule has 0 amide bonds. The van der Waals surface area contributed by atoms with Crippen molar-refractivity contribution in [2.24, 2.45) is 5.73 Å². The number of thioether (sulfide) groups is 1. The van der Waals surface area contributed by atoms with Crippen molar-refractivity contribution in [3.63, 3.8) is 0 Å². The summed E-state index contributed by atoms with van der Waals surface area (Å²) in [7, 11) is 0. The lowest BCUT2D eigenvalue weighted by molar-refractivity contribution is 0.198. The number of nitrogens with zero attached hydrogens (tertiary/aromatic N) is 2. The number of likely N-dealkylation sites (tertiary alicyclic amines) is 1. The Balaban J connectivity index is 1.19. The molecule has 2 heterocycles. The minimum Gasteiger partial charge on any atom is -0.493 e. The highest BCUT2D eigenvalue weighted by Crippen LogP contribution is 2.37. The Bertz CT molecular complexity index is 845. The predicted octanol–water partition coefficient (Wildman–Crippen LogP) is 4.58. The minimum absolute atomic E-state index is 0.0323. The van der Waals surface area contributed by atoms with Crippen molar-refractivity contribution < 1.29 is 13.5 Å². The molecule has 0 spiro atoms. The summed E-state index contributed by atoms with van der Waals surface area (Å²) < 4.78 is 31.7. The lowest BCUT2D eigenvalue weighted by atomic mass is 10.0. The summed E-state index contributed by atoms with van der Waals surface area (Å²) >= 11 is 1.81. The zero-order valence-electron chi connectivity index (χ0n) is 17.1. The highest BCUT2D eigenvalue weighted by Gasteiger charge is 2.32. The molecular formula is C23H29F2N3OS. The zero-order chi connectivity index (χ0) is 20.9. The molecule has 2 aromatic carbocycles. The Hall–Kier alpha value is -1.83. The van der Waals surface area contributed by atoms with Crippen molar-refractivity contribution >= 4 is 17.4 Å². The van der Waals surface area contributed by atoms with Crippen LogP contribution < -0.4 is 15.4 Å². The first-order chi connectivity index (χ1) is 14.6. The zero-order valence-corrected chi connectivity index (χ0v) is 17.9. The SMILES string of the molecule is NC1SCc2ccccc2N1C1CCN(CCCCOc2ccc(F)c(F)c2)CC1. The third-order valence-electron chi connectivity index (χ3n) is 5.93. The third kappa shape index (κ3) is 5.07. The number of hydrogen-bond donors (Lipinski definition) is 1. The molecule has 1 saturated heterocycles. The number of hydrogen-bond acceptors (Lipinski definition) is 5. The van der Waals surface area contributed by atoms with Gasteiger partial charge in [0, 0.05) is 36.6 Å². The van der Waals surface area contributed by atoms with Crippen molar-refractivity contribution in [3.8, 4) is 5.75 Å². The first kappa shape index (κ1) is 21.4. The fourth-order valence-electron chi connectivity index (χ4n) is 4.30. The Morgan fingerprint density at radius 1 is 1.03 bits per heavy atom. The van der Waals surface area contributed by atoms with E-state index in [-0.39, 0.29) is 5.50 Å². The van der Waals surface area contributed by atoms with Gasteiger partial charge in [-0.1, -0.05) is 18.2 Å². The van der Waals surface area contributed by atoms with Crippen LogP contribution in [0.25, 0.3) is 0 Å². The fourth-order valence-corrected chi connectivity index (χ4v) is 5.34. The van der Waals surface area contributed by atoms with Crippen LogP contribution in [0.1, 0.15) is 31.2 Å². The maximum atomic E-state index is 13.2. The van der Waals surface area contributed by atoms with Crippen LogP contribution in [0.3, 0.4) is 0 Å². The molecule has 30 heavy (non-hydrogen) atoms. The average molecular weight is 434 g/mol. The van der Waals surface area contributed by atoms with E-state index in [4.69, 9.17) is 10.5 Å². The molecular weight excluding hydrogens is 404 g/mol. The number of unbranched alkanes of at least 4 members (excludes halogenated alkanes) is 1. The van der Waals surface area contributed by atoms with Gasteiger partial charge in [-0.25, -0.2) is 8.78 Å². The van der Waals surface area contributed by atoms with Crippen LogP contribution in [-0.2, 0) is 5.75 Å². The molecule has 0 radical (unpaired) electrons. The monoisotopic (exact) mass is 433 g/mol. The molecule has 0 aromatic heterocycles. The summed E-state index contributed by atoms with van der Waals surface area (Å²) in [4.78, 5) is 4.93. The van der Waals surface area contributed by atoms with Gasteiger partial charge in [-0.2, -0.15) is 0 Å². The minimum atomic E-state index is -0.871. The second kappa shape index (κ2) is 9.98. The van der Waals surface area contributed by atoms with Crippen LogP contribution >= 0.6 is 11.8 Å². The molecule has 2 N–H and O–H groups in total. The molecule has 2 aromatic rings. The van der Waals surface area contributed by atoms with E-state index in [1.807, 2.05) is 11.8 Å². The molecule has 1 unspecified atom stereocenters. The molecule has 2 aliphatic heterocycles. The Morgan fingerprint density at radius 2 is 1.83 bits per heavy atom. The quantitative estimate of drug-likeness (QED) is 0.647. The van der Waals surface area contributed by atoms with E-state index < -0.39 is 11.6 Å². The van der Waals surface area contributed by atoms with Crippen molar-refractivity contribution in [2.75, 3.05) is 31.1 Å². The van der Waals surface area contributed by atoms with E-state index in [1.54, 1.807) is 0 Å². The van der Waals surface area contributed by atoms with Crippen LogP contribution in [0.5, 0.6) is 5.75 Å². The first-order valence-electron chi connectivity index (χ1n) is 10.7. The van der Waals surface area contributed by atoms with Gasteiger partial charge in [-0.15, -0.1) is 11.8 Å². The molecule has 4 nitrogen and oxygen atoms in total.